The molecule has 0 bridgehead atoms. The Kier molecular flexibility index (Phi) is 5.70. The van der Waals surface area contributed by atoms with Crippen LogP contribution in [0.1, 0.15) is 49.7 Å². The first-order valence-corrected chi connectivity index (χ1v) is 11.7. The van der Waals surface area contributed by atoms with Crippen LogP contribution in [-0.2, 0) is 20.7 Å². The largest absolute Gasteiger partial charge is 0.508 e. The van der Waals surface area contributed by atoms with Gasteiger partial charge in [0.25, 0.3) is 0 Å². The van der Waals surface area contributed by atoms with Gasteiger partial charge in [0.15, 0.2) is 12.4 Å². The molecule has 1 aliphatic heterocycles. The van der Waals surface area contributed by atoms with Gasteiger partial charge in [-0.1, -0.05) is 13.0 Å². The second-order valence-electron chi connectivity index (χ2n) is 10.4. The summed E-state index contributed by atoms with van der Waals surface area (Å²) < 4.78 is 11.2. The molecule has 2 saturated carbocycles. The molecule has 0 amide bonds. The van der Waals surface area contributed by atoms with Crippen molar-refractivity contribution in [3.63, 3.8) is 0 Å². The van der Waals surface area contributed by atoms with E-state index in [1.807, 2.05) is 12.1 Å². The number of benzene rings is 1. The molecule has 5 rings (SSSR count). The van der Waals surface area contributed by atoms with E-state index < -0.39 is 54.3 Å². The molecule has 1 heterocycles. The van der Waals surface area contributed by atoms with Crippen molar-refractivity contribution in [1.82, 2.24) is 0 Å². The first-order chi connectivity index (χ1) is 15.6. The molecular weight excluding hydrogens is 432 g/mol. The Balaban J connectivity index is 1.36. The van der Waals surface area contributed by atoms with Crippen molar-refractivity contribution < 1.29 is 44.9 Å². The van der Waals surface area contributed by atoms with E-state index in [0.29, 0.717) is 18.3 Å². The van der Waals surface area contributed by atoms with Crippen LogP contribution in [-0.4, -0.2) is 79.5 Å². The zero-order chi connectivity index (χ0) is 23.7. The number of rotatable bonds is 3. The van der Waals surface area contributed by atoms with Crippen LogP contribution in [0.5, 0.6) is 5.75 Å². The van der Waals surface area contributed by atoms with E-state index in [9.17, 15) is 35.4 Å². The standard InChI is InChI=1S/C24H32O9/c1-24-7-6-13-12-5-3-11(25)8-10(12)2-4-14(13)15(24)9-16(21(24)29)32-23-19(28)17(26)18(27)20(33-23)22(30)31/h3,5,8,13-21,23,25-29H,2,4,6-7,9H2,1H3,(H,30,31)/t13-,14-,15+,16+,17+,18+,19-,20+,21+,23?,24+/m1/s1. The molecule has 33 heavy (non-hydrogen) atoms. The molecule has 182 valence electrons. The van der Waals surface area contributed by atoms with Crippen LogP contribution in [0.4, 0.5) is 0 Å². The Labute approximate surface area is 191 Å². The fraction of sp³-hybridized carbons (Fsp3) is 0.708. The molecule has 1 saturated heterocycles. The van der Waals surface area contributed by atoms with Crippen LogP contribution >= 0.6 is 0 Å². The summed E-state index contributed by atoms with van der Waals surface area (Å²) in [5.41, 5.74) is 2.04. The third-order valence-corrected chi connectivity index (χ3v) is 8.78. The zero-order valence-corrected chi connectivity index (χ0v) is 18.4. The van der Waals surface area contributed by atoms with Crippen LogP contribution in [0.3, 0.4) is 0 Å². The maximum Gasteiger partial charge on any atom is 0.335 e. The highest BCUT2D eigenvalue weighted by Crippen LogP contribution is 2.61. The van der Waals surface area contributed by atoms with E-state index in [1.54, 1.807) is 6.07 Å². The lowest BCUT2D eigenvalue weighted by molar-refractivity contribution is -0.309. The summed E-state index contributed by atoms with van der Waals surface area (Å²) >= 11 is 0. The minimum atomic E-state index is -1.78. The van der Waals surface area contributed by atoms with Crippen LogP contribution < -0.4 is 0 Å². The maximum atomic E-state index is 11.4. The number of carboxylic acid groups (broad SMARTS) is 1. The van der Waals surface area contributed by atoms with Crippen LogP contribution in [0, 0.1) is 17.3 Å². The summed E-state index contributed by atoms with van der Waals surface area (Å²) in [7, 11) is 0. The number of aryl methyl sites for hydroxylation is 1. The number of phenolic OH excluding ortho intramolecular Hbond substituents is 1. The predicted molar refractivity (Wildman–Crippen MR) is 113 cm³/mol. The maximum absolute atomic E-state index is 11.4. The Morgan fingerprint density at radius 2 is 1.88 bits per heavy atom. The average molecular weight is 465 g/mol. The molecule has 6 N–H and O–H groups in total. The first-order valence-electron chi connectivity index (χ1n) is 11.7. The number of fused-ring (bicyclic) bond motifs is 5. The van der Waals surface area contributed by atoms with Crippen molar-refractivity contribution in [2.24, 2.45) is 17.3 Å². The minimum Gasteiger partial charge on any atom is -0.508 e. The van der Waals surface area contributed by atoms with Gasteiger partial charge in [-0.05, 0) is 78.5 Å². The molecule has 11 atom stereocenters. The summed E-state index contributed by atoms with van der Waals surface area (Å²) in [5, 5.41) is 60.7. The molecule has 3 fully saturated rings. The monoisotopic (exact) mass is 464 g/mol. The fourth-order valence-corrected chi connectivity index (χ4v) is 7.00. The molecule has 1 aromatic carbocycles. The number of hydrogen-bond donors (Lipinski definition) is 6. The Bertz CT molecular complexity index is 921. The van der Waals surface area contributed by atoms with E-state index in [2.05, 4.69) is 6.92 Å². The Morgan fingerprint density at radius 3 is 2.61 bits per heavy atom. The normalized spacial score (nSPS) is 46.8. The highest BCUT2D eigenvalue weighted by atomic mass is 16.7. The molecule has 1 unspecified atom stereocenters. The highest BCUT2D eigenvalue weighted by molar-refractivity contribution is 5.73. The lowest BCUT2D eigenvalue weighted by Crippen LogP contribution is -2.61. The van der Waals surface area contributed by atoms with E-state index >= 15 is 0 Å². The number of phenols is 1. The smallest absolute Gasteiger partial charge is 0.335 e. The van der Waals surface area contributed by atoms with Gasteiger partial charge in [0, 0.05) is 0 Å². The fourth-order valence-electron chi connectivity index (χ4n) is 7.00. The average Bonchev–Trinajstić information content (AvgIpc) is 3.03. The molecule has 0 aromatic heterocycles. The minimum absolute atomic E-state index is 0.157. The quantitative estimate of drug-likeness (QED) is 0.375. The molecule has 0 spiro atoms. The third kappa shape index (κ3) is 3.57. The number of carboxylic acids is 1. The second-order valence-corrected chi connectivity index (χ2v) is 10.4. The molecule has 9 nitrogen and oxygen atoms in total. The van der Waals surface area contributed by atoms with Crippen LogP contribution in [0.15, 0.2) is 18.2 Å². The van der Waals surface area contributed by atoms with Crippen molar-refractivity contribution >= 4 is 5.97 Å². The molecule has 1 aromatic rings. The Morgan fingerprint density at radius 1 is 1.12 bits per heavy atom. The van der Waals surface area contributed by atoms with Gasteiger partial charge in [-0.3, -0.25) is 0 Å². The predicted octanol–water partition coefficient (Wildman–Crippen LogP) is 0.496. The number of hydrogen-bond acceptors (Lipinski definition) is 8. The topological polar surface area (TPSA) is 157 Å². The lowest BCUT2D eigenvalue weighted by atomic mass is 9.55. The van der Waals surface area contributed by atoms with Gasteiger partial charge < -0.3 is 40.1 Å². The second kappa shape index (κ2) is 8.18. The zero-order valence-electron chi connectivity index (χ0n) is 18.4. The SMILES string of the molecule is C[C@]12CC[C@@H]3c4ccc(O)cc4CC[C@H]3[C@@H]1C[C@H](OC1O[C@H](C(=O)O)[C@@H](O)[C@H](O)[C@H]1O)[C@@H]2O. The molecule has 0 radical (unpaired) electrons. The van der Waals surface area contributed by atoms with Gasteiger partial charge >= 0.3 is 5.97 Å². The van der Waals surface area contributed by atoms with Gasteiger partial charge in [-0.25, -0.2) is 4.79 Å². The van der Waals surface area contributed by atoms with Crippen molar-refractivity contribution in [2.45, 2.75) is 87.9 Å². The van der Waals surface area contributed by atoms with Gasteiger partial charge in [-0.15, -0.1) is 0 Å². The van der Waals surface area contributed by atoms with E-state index in [0.717, 1.165) is 25.7 Å². The number of aliphatic hydroxyl groups excluding tert-OH is 4. The number of aliphatic carboxylic acids is 1. The lowest BCUT2D eigenvalue weighted by Gasteiger charge is -2.49. The van der Waals surface area contributed by atoms with Crippen molar-refractivity contribution in [3.05, 3.63) is 29.3 Å². The highest BCUT2D eigenvalue weighted by Gasteiger charge is 2.59. The van der Waals surface area contributed by atoms with Crippen molar-refractivity contribution in [3.8, 4) is 5.75 Å². The van der Waals surface area contributed by atoms with Crippen LogP contribution in [0.25, 0.3) is 0 Å². The van der Waals surface area contributed by atoms with Gasteiger partial charge in [0.05, 0.1) is 12.2 Å². The third-order valence-electron chi connectivity index (χ3n) is 8.78. The number of aliphatic hydroxyl groups is 4. The molecule has 4 aliphatic rings. The molecular formula is C24H32O9. The summed E-state index contributed by atoms with van der Waals surface area (Å²) in [6.45, 7) is 2.06. The van der Waals surface area contributed by atoms with E-state index in [-0.39, 0.29) is 11.7 Å². The molecule has 9 heteroatoms. The Hall–Kier alpha value is -1.75. The summed E-state index contributed by atoms with van der Waals surface area (Å²) in [5.74, 6) is -0.367. The van der Waals surface area contributed by atoms with Crippen LogP contribution in [0.2, 0.25) is 0 Å². The molecule has 3 aliphatic carbocycles. The van der Waals surface area contributed by atoms with Gasteiger partial charge in [0.2, 0.25) is 0 Å². The number of carbonyl (C=O) groups is 1. The van der Waals surface area contributed by atoms with Gasteiger partial charge in [-0.2, -0.15) is 0 Å². The van der Waals surface area contributed by atoms with E-state index in [4.69, 9.17) is 9.47 Å². The number of ether oxygens (including phenoxy) is 2. The van der Waals surface area contributed by atoms with Gasteiger partial charge in [0.1, 0.15) is 24.1 Å². The van der Waals surface area contributed by atoms with Crippen molar-refractivity contribution in [2.75, 3.05) is 0 Å². The van der Waals surface area contributed by atoms with Crippen molar-refractivity contribution in [1.29, 1.82) is 0 Å². The summed E-state index contributed by atoms with van der Waals surface area (Å²) in [6.07, 6.45) is -5.89. The summed E-state index contributed by atoms with van der Waals surface area (Å²) in [6, 6.07) is 5.58. The first kappa shape index (κ1) is 23.0. The van der Waals surface area contributed by atoms with E-state index in [1.165, 1.54) is 11.1 Å². The number of aromatic hydroxyl groups is 1. The summed E-state index contributed by atoms with van der Waals surface area (Å²) in [4.78, 5) is 11.4.